The maximum Gasteiger partial charge on any atom is 0.148 e. The first-order chi connectivity index (χ1) is 9.47. The van der Waals surface area contributed by atoms with E-state index in [2.05, 4.69) is 10.1 Å². The van der Waals surface area contributed by atoms with E-state index in [1.165, 1.54) is 11.0 Å². The van der Waals surface area contributed by atoms with Gasteiger partial charge in [-0.15, -0.1) is 0 Å². The van der Waals surface area contributed by atoms with Gasteiger partial charge in [0.05, 0.1) is 27.9 Å². The van der Waals surface area contributed by atoms with Crippen molar-refractivity contribution in [1.29, 1.82) is 0 Å². The quantitative estimate of drug-likeness (QED) is 0.767. The molecular formula is C13H12Cl3N3O. The van der Waals surface area contributed by atoms with Crippen molar-refractivity contribution in [3.63, 3.8) is 0 Å². The summed E-state index contributed by atoms with van der Waals surface area (Å²) in [5, 5.41) is 5.29. The predicted octanol–water partition coefficient (Wildman–Crippen LogP) is 4.62. The van der Waals surface area contributed by atoms with Crippen molar-refractivity contribution in [3.8, 4) is 0 Å². The molecule has 0 amide bonds. The van der Waals surface area contributed by atoms with E-state index in [1.807, 2.05) is 13.8 Å². The molecule has 0 spiro atoms. The zero-order valence-electron chi connectivity index (χ0n) is 10.8. The summed E-state index contributed by atoms with van der Waals surface area (Å²) >= 11 is 18.4. The second kappa shape index (κ2) is 6.48. The van der Waals surface area contributed by atoms with Gasteiger partial charge in [0.1, 0.15) is 18.4 Å². The van der Waals surface area contributed by atoms with Crippen molar-refractivity contribution in [2.24, 2.45) is 0 Å². The lowest BCUT2D eigenvalue weighted by Crippen LogP contribution is -2.04. The fourth-order valence-electron chi connectivity index (χ4n) is 1.59. The van der Waals surface area contributed by atoms with Crippen molar-refractivity contribution in [2.45, 2.75) is 20.0 Å². The van der Waals surface area contributed by atoms with Crippen LogP contribution in [0.3, 0.4) is 0 Å². The van der Waals surface area contributed by atoms with Gasteiger partial charge in [0.25, 0.3) is 0 Å². The fraction of sp³-hybridized carbons (Fsp3) is 0.231. The van der Waals surface area contributed by atoms with Gasteiger partial charge in [-0.05, 0) is 26.0 Å². The second-order valence-corrected chi connectivity index (χ2v) is 5.53. The standard InChI is InChI=1S/C13H12Cl3N3O/c1-8(2)20-12(5-19-7-17-6-18-19)13-10(15)3-9(14)4-11(13)16/h3-8H,1-2H3/b12-5-. The molecule has 0 N–H and O–H groups in total. The van der Waals surface area contributed by atoms with Gasteiger partial charge in [0.15, 0.2) is 0 Å². The molecule has 4 nitrogen and oxygen atoms in total. The van der Waals surface area contributed by atoms with E-state index in [0.717, 1.165) is 0 Å². The van der Waals surface area contributed by atoms with E-state index in [9.17, 15) is 0 Å². The second-order valence-electron chi connectivity index (χ2n) is 4.28. The molecule has 0 unspecified atom stereocenters. The van der Waals surface area contributed by atoms with E-state index < -0.39 is 0 Å². The topological polar surface area (TPSA) is 39.9 Å². The summed E-state index contributed by atoms with van der Waals surface area (Å²) in [6.45, 7) is 3.82. The van der Waals surface area contributed by atoms with Gasteiger partial charge < -0.3 is 4.74 Å². The largest absolute Gasteiger partial charge is 0.489 e. The van der Waals surface area contributed by atoms with Gasteiger partial charge in [-0.3, -0.25) is 0 Å². The number of rotatable bonds is 4. The van der Waals surface area contributed by atoms with Crippen LogP contribution in [-0.2, 0) is 4.74 Å². The van der Waals surface area contributed by atoms with E-state index >= 15 is 0 Å². The predicted molar refractivity (Wildman–Crippen MR) is 81.9 cm³/mol. The number of aromatic nitrogens is 3. The average Bonchev–Trinajstić information content (AvgIpc) is 2.79. The minimum absolute atomic E-state index is 0.0485. The summed E-state index contributed by atoms with van der Waals surface area (Å²) in [4.78, 5) is 3.87. The summed E-state index contributed by atoms with van der Waals surface area (Å²) in [6.07, 6.45) is 4.58. The molecule has 0 fully saturated rings. The molecule has 1 heterocycles. The summed E-state index contributed by atoms with van der Waals surface area (Å²) in [5.41, 5.74) is 0.571. The monoisotopic (exact) mass is 331 g/mol. The molecule has 0 saturated heterocycles. The normalized spacial score (nSPS) is 12.0. The molecule has 0 bridgehead atoms. The SMILES string of the molecule is CC(C)O/C(=C\n1cncn1)c1c(Cl)cc(Cl)cc1Cl. The number of hydrogen-bond acceptors (Lipinski definition) is 3. The van der Waals surface area contributed by atoms with Gasteiger partial charge in [-0.2, -0.15) is 5.10 Å². The maximum atomic E-state index is 6.22. The Hall–Kier alpha value is -1.23. The fourth-order valence-corrected chi connectivity index (χ4v) is 2.59. The van der Waals surface area contributed by atoms with Gasteiger partial charge in [0, 0.05) is 5.02 Å². The highest BCUT2D eigenvalue weighted by Gasteiger charge is 2.16. The maximum absolute atomic E-state index is 6.22. The Morgan fingerprint density at radius 1 is 1.25 bits per heavy atom. The van der Waals surface area contributed by atoms with Crippen LogP contribution in [0.15, 0.2) is 24.8 Å². The molecule has 106 valence electrons. The Bertz CT molecular complexity index is 601. The van der Waals surface area contributed by atoms with Gasteiger partial charge in [-0.1, -0.05) is 34.8 Å². The van der Waals surface area contributed by atoms with Crippen LogP contribution in [0.5, 0.6) is 0 Å². The molecule has 2 rings (SSSR count). The van der Waals surface area contributed by atoms with Crippen molar-refractivity contribution >= 4 is 46.8 Å². The highest BCUT2D eigenvalue weighted by Crippen LogP contribution is 2.35. The molecule has 0 saturated carbocycles. The minimum atomic E-state index is -0.0485. The molecule has 0 aliphatic rings. The van der Waals surface area contributed by atoms with Crippen molar-refractivity contribution < 1.29 is 4.74 Å². The van der Waals surface area contributed by atoms with Crippen LogP contribution in [0.2, 0.25) is 15.1 Å². The lowest BCUT2D eigenvalue weighted by Gasteiger charge is -2.16. The van der Waals surface area contributed by atoms with E-state index in [0.29, 0.717) is 26.4 Å². The first-order valence-electron chi connectivity index (χ1n) is 5.85. The average molecular weight is 333 g/mol. The third-order valence-electron chi connectivity index (χ3n) is 2.30. The molecule has 1 aromatic carbocycles. The smallest absolute Gasteiger partial charge is 0.148 e. The van der Waals surface area contributed by atoms with Crippen molar-refractivity contribution in [2.75, 3.05) is 0 Å². The third-order valence-corrected chi connectivity index (χ3v) is 3.12. The lowest BCUT2D eigenvalue weighted by molar-refractivity contribution is 0.205. The Balaban J connectivity index is 2.52. The van der Waals surface area contributed by atoms with E-state index in [1.54, 1.807) is 24.7 Å². The molecule has 0 aliphatic heterocycles. The molecule has 20 heavy (non-hydrogen) atoms. The molecule has 0 radical (unpaired) electrons. The summed E-state index contributed by atoms with van der Waals surface area (Å²) in [7, 11) is 0. The molecule has 1 aromatic heterocycles. The Labute approximate surface area is 131 Å². The van der Waals surface area contributed by atoms with Crippen molar-refractivity contribution in [1.82, 2.24) is 14.8 Å². The van der Waals surface area contributed by atoms with Gasteiger partial charge in [0.2, 0.25) is 0 Å². The molecular weight excluding hydrogens is 321 g/mol. The van der Waals surface area contributed by atoms with Crippen LogP contribution >= 0.6 is 34.8 Å². The van der Waals surface area contributed by atoms with Crippen LogP contribution in [0.1, 0.15) is 19.4 Å². The highest BCUT2D eigenvalue weighted by molar-refractivity contribution is 6.40. The zero-order chi connectivity index (χ0) is 14.7. The Kier molecular flexibility index (Phi) is 4.91. The Morgan fingerprint density at radius 2 is 1.90 bits per heavy atom. The lowest BCUT2D eigenvalue weighted by atomic mass is 10.2. The Morgan fingerprint density at radius 3 is 2.40 bits per heavy atom. The third kappa shape index (κ3) is 3.66. The molecule has 0 aliphatic carbocycles. The van der Waals surface area contributed by atoms with Crippen LogP contribution in [0.25, 0.3) is 12.0 Å². The molecule has 0 atom stereocenters. The number of benzene rings is 1. The van der Waals surface area contributed by atoms with Crippen LogP contribution in [0, 0.1) is 0 Å². The van der Waals surface area contributed by atoms with Crippen LogP contribution < -0.4 is 0 Å². The summed E-state index contributed by atoms with van der Waals surface area (Å²) in [6, 6.07) is 3.23. The first-order valence-corrected chi connectivity index (χ1v) is 6.98. The summed E-state index contributed by atoms with van der Waals surface area (Å²) < 4.78 is 7.28. The van der Waals surface area contributed by atoms with Gasteiger partial charge in [-0.25, -0.2) is 9.67 Å². The van der Waals surface area contributed by atoms with Crippen LogP contribution in [0.4, 0.5) is 0 Å². The van der Waals surface area contributed by atoms with E-state index in [-0.39, 0.29) is 6.10 Å². The van der Waals surface area contributed by atoms with E-state index in [4.69, 9.17) is 39.5 Å². The minimum Gasteiger partial charge on any atom is -0.489 e. The van der Waals surface area contributed by atoms with Gasteiger partial charge >= 0.3 is 0 Å². The van der Waals surface area contributed by atoms with Crippen molar-refractivity contribution in [3.05, 3.63) is 45.4 Å². The van der Waals surface area contributed by atoms with Crippen LogP contribution in [-0.4, -0.2) is 20.9 Å². The number of nitrogens with zero attached hydrogens (tertiary/aromatic N) is 3. The highest BCUT2D eigenvalue weighted by atomic mass is 35.5. The summed E-state index contributed by atoms with van der Waals surface area (Å²) in [5.74, 6) is 0.497. The molecule has 7 heteroatoms. The first kappa shape index (κ1) is 15.2. The zero-order valence-corrected chi connectivity index (χ0v) is 13.1. The molecule has 2 aromatic rings. The number of ether oxygens (including phenoxy) is 1. The number of halogens is 3. The number of hydrogen-bond donors (Lipinski definition) is 0.